The fourth-order valence-corrected chi connectivity index (χ4v) is 4.01. The summed E-state index contributed by atoms with van der Waals surface area (Å²) in [5.41, 5.74) is 7.04. The number of pyridine rings is 2. The molecule has 3 aromatic carbocycles. The summed E-state index contributed by atoms with van der Waals surface area (Å²) in [4.78, 5) is 19.5. The molecule has 0 aliphatic rings. The number of fused-ring (bicyclic) bond motifs is 1. The summed E-state index contributed by atoms with van der Waals surface area (Å²) in [7, 11) is 6.01. The Bertz CT molecular complexity index is 1560. The number of aryl methyl sites for hydroxylation is 1. The maximum atomic E-state index is 12.9. The van der Waals surface area contributed by atoms with E-state index in [0.29, 0.717) is 5.56 Å². The number of anilines is 6. The minimum atomic E-state index is -0.167. The summed E-state index contributed by atoms with van der Waals surface area (Å²) in [5, 5.41) is 10.8. The number of rotatable bonds is 7. The molecule has 0 atom stereocenters. The van der Waals surface area contributed by atoms with Crippen molar-refractivity contribution >= 4 is 63.3 Å². The molecule has 3 N–H and O–H groups in total. The summed E-state index contributed by atoms with van der Waals surface area (Å²) in [6.45, 7) is 0. The Kier molecular flexibility index (Phi) is 9.71. The van der Waals surface area contributed by atoms with Gasteiger partial charge in [0.1, 0.15) is 7.05 Å². The monoisotopic (exact) mass is 560 g/mol. The number of amides is 1. The molecule has 0 radical (unpaired) electrons. The van der Waals surface area contributed by atoms with Crippen molar-refractivity contribution in [1.29, 1.82) is 0 Å². The number of hydrogen-bond donors (Lipinski definition) is 3. The fraction of sp³-hybridized carbons (Fsp3) is 0.100. The van der Waals surface area contributed by atoms with Gasteiger partial charge in [-0.15, -0.1) is 12.4 Å². The van der Waals surface area contributed by atoms with Crippen molar-refractivity contribution in [2.75, 3.05) is 34.9 Å². The summed E-state index contributed by atoms with van der Waals surface area (Å²) < 4.78 is 1.97. The molecule has 0 aliphatic carbocycles. The van der Waals surface area contributed by atoms with Gasteiger partial charge in [0.15, 0.2) is 12.4 Å². The Morgan fingerprint density at radius 1 is 0.795 bits per heavy atom. The standard InChI is InChI=1S/C30H28N6O.2ClH/c1-35(2)26-11-12-28-27(20-26)29(13-16-31-28)33-22-7-9-23(10-8-22)34-30(37)21-5-4-6-25(19-21)32-24-14-17-36(3)18-15-24;;/h4-20H,1-3H3,(H2,31,33,34,37);2*1H. The molecule has 0 fully saturated rings. The highest BCUT2D eigenvalue weighted by Gasteiger charge is 2.09. The molecule has 0 spiro atoms. The zero-order chi connectivity index (χ0) is 25.8. The van der Waals surface area contributed by atoms with Gasteiger partial charge >= 0.3 is 0 Å². The SMILES string of the molecule is CN(C)c1ccc2nccc(Nc3ccc(NC(=O)c4cccc(Nc5cc[n+](C)cc5)c4)cc3)c2c1.Cl.[Cl-]. The zero-order valence-electron chi connectivity index (χ0n) is 21.9. The number of carbonyl (C=O) groups is 1. The quantitative estimate of drug-likeness (QED) is 0.266. The van der Waals surface area contributed by atoms with E-state index in [1.54, 1.807) is 12.3 Å². The highest BCUT2D eigenvalue weighted by molar-refractivity contribution is 6.05. The van der Waals surface area contributed by atoms with Gasteiger partial charge in [0.25, 0.3) is 5.91 Å². The molecule has 39 heavy (non-hydrogen) atoms. The normalized spacial score (nSPS) is 10.1. The Balaban J connectivity index is 0.00000210. The van der Waals surface area contributed by atoms with Crippen molar-refractivity contribution in [3.63, 3.8) is 0 Å². The largest absolute Gasteiger partial charge is 1.00 e. The van der Waals surface area contributed by atoms with Gasteiger partial charge in [0.05, 0.1) is 11.2 Å². The van der Waals surface area contributed by atoms with Gasteiger partial charge in [-0.3, -0.25) is 9.78 Å². The van der Waals surface area contributed by atoms with Crippen LogP contribution < -0.4 is 37.8 Å². The van der Waals surface area contributed by atoms with E-state index in [2.05, 4.69) is 38.0 Å². The van der Waals surface area contributed by atoms with Crippen molar-refractivity contribution in [3.8, 4) is 0 Å². The first-order valence-corrected chi connectivity index (χ1v) is 12.0. The van der Waals surface area contributed by atoms with Crippen LogP contribution in [0.1, 0.15) is 10.4 Å². The molecule has 1 amide bonds. The van der Waals surface area contributed by atoms with Crippen LogP contribution in [-0.2, 0) is 7.05 Å². The Morgan fingerprint density at radius 2 is 1.49 bits per heavy atom. The predicted molar refractivity (Wildman–Crippen MR) is 158 cm³/mol. The molecule has 0 saturated heterocycles. The molecule has 5 aromatic rings. The van der Waals surface area contributed by atoms with Crippen molar-refractivity contribution < 1.29 is 21.8 Å². The van der Waals surface area contributed by atoms with E-state index in [1.807, 2.05) is 105 Å². The van der Waals surface area contributed by atoms with Crippen LogP contribution in [0.25, 0.3) is 10.9 Å². The summed E-state index contributed by atoms with van der Waals surface area (Å²) >= 11 is 0. The van der Waals surface area contributed by atoms with Gasteiger partial charge in [0.2, 0.25) is 0 Å². The lowest BCUT2D eigenvalue weighted by molar-refractivity contribution is -0.671. The number of nitrogens with one attached hydrogen (secondary N) is 3. The van der Waals surface area contributed by atoms with Crippen molar-refractivity contribution in [1.82, 2.24) is 4.98 Å². The number of carbonyl (C=O) groups excluding carboxylic acids is 1. The van der Waals surface area contributed by atoms with E-state index >= 15 is 0 Å². The second-order valence-corrected chi connectivity index (χ2v) is 9.07. The van der Waals surface area contributed by atoms with Crippen LogP contribution in [-0.4, -0.2) is 25.0 Å². The molecule has 0 saturated carbocycles. The first kappa shape index (κ1) is 29.2. The van der Waals surface area contributed by atoms with Crippen molar-refractivity contribution in [2.24, 2.45) is 7.05 Å². The molecule has 7 nitrogen and oxygen atoms in total. The van der Waals surface area contributed by atoms with Gasteiger partial charge in [0, 0.05) is 71.8 Å². The summed E-state index contributed by atoms with van der Waals surface area (Å²) in [6, 6.07) is 27.3. The lowest BCUT2D eigenvalue weighted by atomic mass is 10.1. The number of halogens is 2. The smallest absolute Gasteiger partial charge is 0.255 e. The topological polar surface area (TPSA) is 73.2 Å². The van der Waals surface area contributed by atoms with E-state index in [0.717, 1.165) is 45.0 Å². The Labute approximate surface area is 240 Å². The fourth-order valence-electron chi connectivity index (χ4n) is 4.01. The molecule has 0 unspecified atom stereocenters. The second-order valence-electron chi connectivity index (χ2n) is 9.07. The first-order chi connectivity index (χ1) is 17.9. The van der Waals surface area contributed by atoms with Gasteiger partial charge in [-0.25, -0.2) is 4.57 Å². The van der Waals surface area contributed by atoms with Crippen LogP contribution in [0, 0.1) is 0 Å². The molecule has 9 heteroatoms. The van der Waals surface area contributed by atoms with E-state index in [1.165, 1.54) is 0 Å². The third-order valence-electron chi connectivity index (χ3n) is 6.06. The summed E-state index contributed by atoms with van der Waals surface area (Å²) in [5.74, 6) is -0.167. The number of nitrogens with zero attached hydrogens (tertiary/aromatic N) is 3. The lowest BCUT2D eigenvalue weighted by Gasteiger charge is -2.15. The number of aromatic nitrogens is 2. The molecule has 0 bridgehead atoms. The minimum absolute atomic E-state index is 0. The van der Waals surface area contributed by atoms with E-state index in [-0.39, 0.29) is 30.7 Å². The Morgan fingerprint density at radius 3 is 2.21 bits per heavy atom. The molecular formula is C30H30Cl2N6O. The van der Waals surface area contributed by atoms with E-state index < -0.39 is 0 Å². The first-order valence-electron chi connectivity index (χ1n) is 12.0. The van der Waals surface area contributed by atoms with Gasteiger partial charge in [-0.2, -0.15) is 0 Å². The van der Waals surface area contributed by atoms with Gasteiger partial charge < -0.3 is 33.3 Å². The maximum Gasteiger partial charge on any atom is 0.255 e. The average molecular weight is 562 g/mol. The number of hydrogen-bond acceptors (Lipinski definition) is 5. The predicted octanol–water partition coefficient (Wildman–Crippen LogP) is 3.29. The summed E-state index contributed by atoms with van der Waals surface area (Å²) in [6.07, 6.45) is 5.74. The molecule has 0 aliphatic heterocycles. The third kappa shape index (κ3) is 7.16. The van der Waals surface area contributed by atoms with Crippen molar-refractivity contribution in [2.45, 2.75) is 0 Å². The van der Waals surface area contributed by atoms with Crippen LogP contribution in [0.2, 0.25) is 0 Å². The molecule has 2 aromatic heterocycles. The van der Waals surface area contributed by atoms with E-state index in [9.17, 15) is 4.79 Å². The van der Waals surface area contributed by atoms with Crippen molar-refractivity contribution in [3.05, 3.63) is 109 Å². The Hall–Kier alpha value is -4.33. The highest BCUT2D eigenvalue weighted by Crippen LogP contribution is 2.29. The average Bonchev–Trinajstić information content (AvgIpc) is 2.91. The van der Waals surface area contributed by atoms with Crippen LogP contribution >= 0.6 is 12.4 Å². The van der Waals surface area contributed by atoms with Crippen LogP contribution in [0.15, 0.2) is 104 Å². The van der Waals surface area contributed by atoms with Crippen LogP contribution in [0.3, 0.4) is 0 Å². The highest BCUT2D eigenvalue weighted by atomic mass is 35.5. The molecule has 2 heterocycles. The zero-order valence-corrected chi connectivity index (χ0v) is 23.4. The van der Waals surface area contributed by atoms with Gasteiger partial charge in [-0.1, -0.05) is 6.07 Å². The molecule has 5 rings (SSSR count). The lowest BCUT2D eigenvalue weighted by Crippen LogP contribution is -3.00. The van der Waals surface area contributed by atoms with E-state index in [4.69, 9.17) is 0 Å². The minimum Gasteiger partial charge on any atom is -1.00 e. The maximum absolute atomic E-state index is 12.9. The third-order valence-corrected chi connectivity index (χ3v) is 6.06. The van der Waals surface area contributed by atoms with Gasteiger partial charge in [-0.05, 0) is 66.7 Å². The molecular weight excluding hydrogens is 531 g/mol. The number of benzene rings is 3. The van der Waals surface area contributed by atoms with Crippen LogP contribution in [0.5, 0.6) is 0 Å². The second kappa shape index (κ2) is 13.0. The molecule has 200 valence electrons. The van der Waals surface area contributed by atoms with Crippen LogP contribution in [0.4, 0.5) is 34.1 Å².